The minimum absolute atomic E-state index is 0.211. The molecule has 0 aromatic heterocycles. The fourth-order valence-corrected chi connectivity index (χ4v) is 1.33. The minimum atomic E-state index is -0.211. The summed E-state index contributed by atoms with van der Waals surface area (Å²) in [5, 5.41) is 9.25. The van der Waals surface area contributed by atoms with Gasteiger partial charge >= 0.3 is 0 Å². The van der Waals surface area contributed by atoms with E-state index in [1.54, 1.807) is 0 Å². The lowest BCUT2D eigenvalue weighted by Gasteiger charge is -2.14. The monoisotopic (exact) mass is 150 g/mol. The van der Waals surface area contributed by atoms with Crippen molar-refractivity contribution in [2.45, 2.75) is 38.7 Å². The maximum Gasteiger partial charge on any atom is 0.0724 e. The van der Waals surface area contributed by atoms with Gasteiger partial charge in [-0.25, -0.2) is 0 Å². The van der Waals surface area contributed by atoms with E-state index in [0.717, 1.165) is 25.7 Å². The van der Waals surface area contributed by atoms with Crippen molar-refractivity contribution in [3.05, 3.63) is 11.6 Å². The van der Waals surface area contributed by atoms with Crippen molar-refractivity contribution in [2.75, 3.05) is 0 Å². The van der Waals surface area contributed by atoms with Crippen LogP contribution in [0, 0.1) is 11.8 Å². The number of aliphatic hydroxyl groups excluding tert-OH is 1. The summed E-state index contributed by atoms with van der Waals surface area (Å²) in [4.78, 5) is 0. The lowest BCUT2D eigenvalue weighted by Crippen LogP contribution is -2.08. The molecule has 11 heavy (non-hydrogen) atoms. The Hall–Kier alpha value is -0.740. The zero-order valence-corrected chi connectivity index (χ0v) is 6.93. The first-order valence-corrected chi connectivity index (χ1v) is 4.10. The second-order valence-electron chi connectivity index (χ2n) is 2.89. The molecule has 1 atom stereocenters. The second kappa shape index (κ2) is 4.20. The molecule has 0 spiro atoms. The van der Waals surface area contributed by atoms with Gasteiger partial charge in [0.1, 0.15) is 0 Å². The Labute approximate surface area is 68.1 Å². The third-order valence-corrected chi connectivity index (χ3v) is 1.92. The van der Waals surface area contributed by atoms with Crippen LogP contribution in [-0.2, 0) is 0 Å². The molecule has 0 bridgehead atoms. The molecule has 1 aliphatic carbocycles. The topological polar surface area (TPSA) is 20.2 Å². The normalized spacial score (nSPS) is 23.5. The lowest BCUT2D eigenvalue weighted by molar-refractivity contribution is 0.202. The average molecular weight is 150 g/mol. The molecule has 0 amide bonds. The first-order valence-electron chi connectivity index (χ1n) is 4.10. The molecule has 0 fully saturated rings. The maximum absolute atomic E-state index is 9.25. The van der Waals surface area contributed by atoms with E-state index in [2.05, 4.69) is 11.8 Å². The third-order valence-electron chi connectivity index (χ3n) is 1.92. The Balaban J connectivity index is 2.47. The third kappa shape index (κ3) is 2.78. The van der Waals surface area contributed by atoms with Crippen LogP contribution in [0.2, 0.25) is 0 Å². The summed E-state index contributed by atoms with van der Waals surface area (Å²) in [6.07, 6.45) is 5.73. The van der Waals surface area contributed by atoms with E-state index in [9.17, 15) is 5.11 Å². The van der Waals surface area contributed by atoms with Gasteiger partial charge in [0.05, 0.1) is 6.10 Å². The fraction of sp³-hybridized carbons (Fsp3) is 0.600. The van der Waals surface area contributed by atoms with Crippen LogP contribution in [-0.4, -0.2) is 11.2 Å². The van der Waals surface area contributed by atoms with E-state index >= 15 is 0 Å². The SMILES string of the molecule is CC#CCC1=CC(O)CCC1. The Bertz CT molecular complexity index is 205. The smallest absolute Gasteiger partial charge is 0.0724 e. The highest BCUT2D eigenvalue weighted by molar-refractivity contribution is 5.16. The van der Waals surface area contributed by atoms with E-state index in [0.29, 0.717) is 0 Å². The first-order chi connectivity index (χ1) is 5.33. The Kier molecular flexibility index (Phi) is 3.19. The van der Waals surface area contributed by atoms with Gasteiger partial charge < -0.3 is 5.11 Å². The summed E-state index contributed by atoms with van der Waals surface area (Å²) in [5.74, 6) is 5.87. The van der Waals surface area contributed by atoms with Gasteiger partial charge in [-0.15, -0.1) is 5.92 Å². The van der Waals surface area contributed by atoms with Crippen molar-refractivity contribution in [3.63, 3.8) is 0 Å². The van der Waals surface area contributed by atoms with Crippen molar-refractivity contribution < 1.29 is 5.11 Å². The molecule has 1 N–H and O–H groups in total. The highest BCUT2D eigenvalue weighted by atomic mass is 16.3. The molecular formula is C10H14O. The van der Waals surface area contributed by atoms with Gasteiger partial charge in [-0.1, -0.05) is 17.6 Å². The van der Waals surface area contributed by atoms with E-state index in [1.165, 1.54) is 5.57 Å². The van der Waals surface area contributed by atoms with Gasteiger partial charge in [0.2, 0.25) is 0 Å². The fourth-order valence-electron chi connectivity index (χ4n) is 1.33. The zero-order valence-electron chi connectivity index (χ0n) is 6.93. The Morgan fingerprint density at radius 1 is 1.73 bits per heavy atom. The molecule has 0 saturated heterocycles. The van der Waals surface area contributed by atoms with Crippen LogP contribution in [0.3, 0.4) is 0 Å². The highest BCUT2D eigenvalue weighted by Crippen LogP contribution is 2.19. The summed E-state index contributed by atoms with van der Waals surface area (Å²) in [6.45, 7) is 1.85. The molecule has 0 aromatic rings. The predicted molar refractivity (Wildman–Crippen MR) is 46.0 cm³/mol. The van der Waals surface area contributed by atoms with Crippen LogP contribution in [0.5, 0.6) is 0 Å². The second-order valence-corrected chi connectivity index (χ2v) is 2.89. The standard InChI is InChI=1S/C10H14O/c1-2-3-5-9-6-4-7-10(11)8-9/h8,10-11H,4-7H2,1H3. The number of aliphatic hydroxyl groups is 1. The summed E-state index contributed by atoms with van der Waals surface area (Å²) in [6, 6.07) is 0. The summed E-state index contributed by atoms with van der Waals surface area (Å²) in [7, 11) is 0. The lowest BCUT2D eigenvalue weighted by atomic mass is 9.96. The summed E-state index contributed by atoms with van der Waals surface area (Å²) >= 11 is 0. The maximum atomic E-state index is 9.25. The largest absolute Gasteiger partial charge is 0.389 e. The first kappa shape index (κ1) is 8.36. The quantitative estimate of drug-likeness (QED) is 0.447. The average Bonchev–Trinajstić information content (AvgIpc) is 2.01. The van der Waals surface area contributed by atoms with Crippen LogP contribution >= 0.6 is 0 Å². The van der Waals surface area contributed by atoms with Gasteiger partial charge in [0.25, 0.3) is 0 Å². The van der Waals surface area contributed by atoms with Crippen LogP contribution in [0.1, 0.15) is 32.6 Å². The molecule has 1 nitrogen and oxygen atoms in total. The Morgan fingerprint density at radius 2 is 2.55 bits per heavy atom. The van der Waals surface area contributed by atoms with E-state index in [1.807, 2.05) is 13.0 Å². The molecule has 0 radical (unpaired) electrons. The Morgan fingerprint density at radius 3 is 3.18 bits per heavy atom. The highest BCUT2D eigenvalue weighted by Gasteiger charge is 2.08. The van der Waals surface area contributed by atoms with E-state index in [-0.39, 0.29) is 6.10 Å². The van der Waals surface area contributed by atoms with Crippen molar-refractivity contribution >= 4 is 0 Å². The van der Waals surface area contributed by atoms with E-state index in [4.69, 9.17) is 0 Å². The van der Waals surface area contributed by atoms with Crippen LogP contribution in [0.15, 0.2) is 11.6 Å². The van der Waals surface area contributed by atoms with Gasteiger partial charge in [0.15, 0.2) is 0 Å². The van der Waals surface area contributed by atoms with Crippen molar-refractivity contribution in [3.8, 4) is 11.8 Å². The molecule has 0 aliphatic heterocycles. The van der Waals surface area contributed by atoms with E-state index < -0.39 is 0 Å². The molecule has 0 saturated carbocycles. The van der Waals surface area contributed by atoms with Gasteiger partial charge in [-0.05, 0) is 26.2 Å². The van der Waals surface area contributed by atoms with Gasteiger partial charge in [-0.3, -0.25) is 0 Å². The van der Waals surface area contributed by atoms with Crippen LogP contribution in [0.4, 0.5) is 0 Å². The summed E-state index contributed by atoms with van der Waals surface area (Å²) in [5.41, 5.74) is 1.30. The molecule has 1 heteroatoms. The van der Waals surface area contributed by atoms with Crippen molar-refractivity contribution in [2.24, 2.45) is 0 Å². The molecule has 1 rings (SSSR count). The molecule has 1 aliphatic rings. The van der Waals surface area contributed by atoms with Crippen molar-refractivity contribution in [1.29, 1.82) is 0 Å². The number of hydrogen-bond acceptors (Lipinski definition) is 1. The molecule has 0 aromatic carbocycles. The van der Waals surface area contributed by atoms with Gasteiger partial charge in [0, 0.05) is 6.42 Å². The van der Waals surface area contributed by atoms with Crippen LogP contribution in [0.25, 0.3) is 0 Å². The predicted octanol–water partition coefficient (Wildman–Crippen LogP) is 1.87. The number of allylic oxidation sites excluding steroid dienone is 1. The molecule has 60 valence electrons. The number of hydrogen-bond donors (Lipinski definition) is 1. The van der Waals surface area contributed by atoms with Crippen LogP contribution < -0.4 is 0 Å². The molecular weight excluding hydrogens is 136 g/mol. The number of rotatable bonds is 1. The minimum Gasteiger partial charge on any atom is -0.389 e. The van der Waals surface area contributed by atoms with Crippen molar-refractivity contribution in [1.82, 2.24) is 0 Å². The summed E-state index contributed by atoms with van der Waals surface area (Å²) < 4.78 is 0. The molecule has 1 unspecified atom stereocenters. The zero-order chi connectivity index (χ0) is 8.10. The molecule has 0 heterocycles. The van der Waals surface area contributed by atoms with Gasteiger partial charge in [-0.2, -0.15) is 0 Å².